The molecule has 0 aromatic heterocycles. The van der Waals surface area contributed by atoms with Gasteiger partial charge in [0.15, 0.2) is 0 Å². The molecule has 1 fully saturated rings. The highest BCUT2D eigenvalue weighted by atomic mass is 16.8. The molecular weight excluding hydrogens is 262 g/mol. The minimum absolute atomic E-state index is 0.488. The zero-order chi connectivity index (χ0) is 14.3. The van der Waals surface area contributed by atoms with E-state index in [1.165, 1.54) is 6.92 Å². The average molecular weight is 275 g/mol. The maximum atomic E-state index is 11.9. The molecule has 0 radical (unpaired) electrons. The summed E-state index contributed by atoms with van der Waals surface area (Å²) in [5.41, 5.74) is 2.41. The summed E-state index contributed by atoms with van der Waals surface area (Å²) in [5, 5.41) is 3.95. The number of benzene rings is 1. The smallest absolute Gasteiger partial charge is 0.322 e. The van der Waals surface area contributed by atoms with E-state index < -0.39 is 30.3 Å². The molecule has 0 saturated carbocycles. The second-order valence-corrected chi connectivity index (χ2v) is 4.80. The molecule has 1 saturated heterocycles. The van der Waals surface area contributed by atoms with Gasteiger partial charge >= 0.3 is 11.9 Å². The van der Waals surface area contributed by atoms with Crippen LogP contribution in [-0.2, 0) is 23.9 Å². The third-order valence-corrected chi connectivity index (χ3v) is 3.28. The largest absolute Gasteiger partial charge is 0.421 e. The van der Waals surface area contributed by atoms with E-state index in [1.807, 2.05) is 31.2 Å². The summed E-state index contributed by atoms with van der Waals surface area (Å²) < 4.78 is 9.95. The number of fused-ring (bicyclic) bond motifs is 1. The molecule has 1 aromatic rings. The predicted octanol–water partition coefficient (Wildman–Crippen LogP) is 1.16. The first kappa shape index (κ1) is 12.7. The van der Waals surface area contributed by atoms with Gasteiger partial charge in [0.2, 0.25) is 6.10 Å². The number of nitrogens with zero attached hydrogens (tertiary/aromatic N) is 1. The standard InChI is InChI=1S/C14H13NO5/c1-7-3-5-9(6-4-7)11-10-12(20-15-11)14(18-8(2)16)19-13(10)17/h3-6,10,12,14H,1-2H3. The van der Waals surface area contributed by atoms with Crippen molar-refractivity contribution in [1.82, 2.24) is 0 Å². The topological polar surface area (TPSA) is 74.2 Å². The van der Waals surface area contributed by atoms with Crippen LogP contribution in [0.3, 0.4) is 0 Å². The van der Waals surface area contributed by atoms with Crippen LogP contribution in [0.1, 0.15) is 18.1 Å². The van der Waals surface area contributed by atoms with E-state index >= 15 is 0 Å². The molecular formula is C14H13NO5. The highest BCUT2D eigenvalue weighted by Crippen LogP contribution is 2.34. The molecule has 0 amide bonds. The molecule has 0 bridgehead atoms. The number of rotatable bonds is 2. The van der Waals surface area contributed by atoms with Crippen molar-refractivity contribution in [3.8, 4) is 0 Å². The Kier molecular flexibility index (Phi) is 2.93. The molecule has 3 unspecified atom stereocenters. The van der Waals surface area contributed by atoms with Gasteiger partial charge in [-0.2, -0.15) is 0 Å². The molecule has 20 heavy (non-hydrogen) atoms. The number of carbonyl (C=O) groups excluding carboxylic acids is 2. The second kappa shape index (κ2) is 4.63. The van der Waals surface area contributed by atoms with Crippen molar-refractivity contribution in [2.45, 2.75) is 26.2 Å². The average Bonchev–Trinajstić information content (AvgIpc) is 2.93. The molecule has 6 nitrogen and oxygen atoms in total. The van der Waals surface area contributed by atoms with Gasteiger partial charge in [-0.15, -0.1) is 0 Å². The summed E-state index contributed by atoms with van der Waals surface area (Å²) >= 11 is 0. The van der Waals surface area contributed by atoms with E-state index in [0.717, 1.165) is 11.1 Å². The van der Waals surface area contributed by atoms with Gasteiger partial charge in [0.25, 0.3) is 6.29 Å². The molecule has 0 aliphatic carbocycles. The minimum Gasteiger partial charge on any atom is -0.421 e. The van der Waals surface area contributed by atoms with Crippen LogP contribution in [0.4, 0.5) is 0 Å². The van der Waals surface area contributed by atoms with Crippen LogP contribution in [0, 0.1) is 12.8 Å². The van der Waals surface area contributed by atoms with Gasteiger partial charge in [-0.25, -0.2) is 0 Å². The summed E-state index contributed by atoms with van der Waals surface area (Å²) in [7, 11) is 0. The molecule has 2 aliphatic heterocycles. The molecule has 2 heterocycles. The van der Waals surface area contributed by atoms with Crippen molar-refractivity contribution in [1.29, 1.82) is 0 Å². The van der Waals surface area contributed by atoms with Crippen LogP contribution in [0.2, 0.25) is 0 Å². The van der Waals surface area contributed by atoms with Gasteiger partial charge in [0.05, 0.1) is 0 Å². The van der Waals surface area contributed by atoms with E-state index in [9.17, 15) is 9.59 Å². The summed E-state index contributed by atoms with van der Waals surface area (Å²) in [4.78, 5) is 28.1. The summed E-state index contributed by atoms with van der Waals surface area (Å²) in [5.74, 6) is -1.67. The lowest BCUT2D eigenvalue weighted by molar-refractivity contribution is -0.188. The highest BCUT2D eigenvalue weighted by molar-refractivity contribution is 6.13. The SMILES string of the molecule is CC(=O)OC1OC(=O)C2C(c3ccc(C)cc3)=NOC12. The van der Waals surface area contributed by atoms with Gasteiger partial charge in [0, 0.05) is 12.5 Å². The minimum atomic E-state index is -1.03. The molecule has 2 aliphatic rings. The van der Waals surface area contributed by atoms with Crippen LogP contribution in [0.25, 0.3) is 0 Å². The lowest BCUT2D eigenvalue weighted by Crippen LogP contribution is -2.31. The number of hydrogen-bond donors (Lipinski definition) is 0. The highest BCUT2D eigenvalue weighted by Gasteiger charge is 2.55. The first-order chi connectivity index (χ1) is 9.56. The number of aryl methyl sites for hydroxylation is 1. The van der Waals surface area contributed by atoms with Crippen LogP contribution >= 0.6 is 0 Å². The molecule has 1 aromatic carbocycles. The number of hydrogen-bond acceptors (Lipinski definition) is 6. The van der Waals surface area contributed by atoms with Gasteiger partial charge < -0.3 is 14.3 Å². The maximum absolute atomic E-state index is 11.9. The zero-order valence-electron chi connectivity index (χ0n) is 11.0. The fourth-order valence-electron chi connectivity index (χ4n) is 2.31. The number of cyclic esters (lactones) is 1. The van der Waals surface area contributed by atoms with Crippen molar-refractivity contribution in [3.05, 3.63) is 35.4 Å². The lowest BCUT2D eigenvalue weighted by Gasteiger charge is -2.13. The van der Waals surface area contributed by atoms with Crippen molar-refractivity contribution in [3.63, 3.8) is 0 Å². The molecule has 0 N–H and O–H groups in total. The van der Waals surface area contributed by atoms with Gasteiger partial charge in [-0.3, -0.25) is 9.59 Å². The number of ether oxygens (including phenoxy) is 2. The fraction of sp³-hybridized carbons (Fsp3) is 0.357. The Bertz CT molecular complexity index is 592. The molecule has 3 rings (SSSR count). The normalized spacial score (nSPS) is 27.4. The monoisotopic (exact) mass is 275 g/mol. The van der Waals surface area contributed by atoms with Crippen LogP contribution in [-0.4, -0.2) is 30.0 Å². The molecule has 6 heteroatoms. The molecule has 3 atom stereocenters. The van der Waals surface area contributed by atoms with E-state index in [-0.39, 0.29) is 0 Å². The third kappa shape index (κ3) is 2.03. The number of esters is 2. The van der Waals surface area contributed by atoms with Crippen molar-refractivity contribution < 1.29 is 23.9 Å². The van der Waals surface area contributed by atoms with Gasteiger partial charge in [-0.1, -0.05) is 35.0 Å². The Hall–Kier alpha value is -2.37. The van der Waals surface area contributed by atoms with Crippen molar-refractivity contribution in [2.75, 3.05) is 0 Å². The van der Waals surface area contributed by atoms with E-state index in [0.29, 0.717) is 5.71 Å². The number of oxime groups is 1. The quantitative estimate of drug-likeness (QED) is 0.757. The Morgan fingerprint density at radius 1 is 1.30 bits per heavy atom. The first-order valence-corrected chi connectivity index (χ1v) is 6.25. The predicted molar refractivity (Wildman–Crippen MR) is 67.7 cm³/mol. The first-order valence-electron chi connectivity index (χ1n) is 6.25. The second-order valence-electron chi connectivity index (χ2n) is 4.80. The van der Waals surface area contributed by atoms with E-state index in [2.05, 4.69) is 5.16 Å². The Labute approximate surface area is 115 Å². The summed E-state index contributed by atoms with van der Waals surface area (Å²) in [6.45, 7) is 3.22. The van der Waals surface area contributed by atoms with Gasteiger partial charge in [-0.05, 0) is 6.92 Å². The van der Waals surface area contributed by atoms with Crippen LogP contribution in [0.5, 0.6) is 0 Å². The lowest BCUT2D eigenvalue weighted by atomic mass is 9.93. The van der Waals surface area contributed by atoms with Crippen molar-refractivity contribution >= 4 is 17.7 Å². The third-order valence-electron chi connectivity index (χ3n) is 3.28. The number of carbonyl (C=O) groups is 2. The van der Waals surface area contributed by atoms with Crippen LogP contribution < -0.4 is 0 Å². The Morgan fingerprint density at radius 3 is 2.65 bits per heavy atom. The fourth-order valence-corrected chi connectivity index (χ4v) is 2.31. The Morgan fingerprint density at radius 2 is 2.00 bits per heavy atom. The van der Waals surface area contributed by atoms with E-state index in [4.69, 9.17) is 14.3 Å². The van der Waals surface area contributed by atoms with Crippen molar-refractivity contribution in [2.24, 2.45) is 11.1 Å². The molecule has 104 valence electrons. The summed E-state index contributed by atoms with van der Waals surface area (Å²) in [6.07, 6.45) is -1.74. The maximum Gasteiger partial charge on any atom is 0.322 e. The summed E-state index contributed by atoms with van der Waals surface area (Å²) in [6, 6.07) is 7.59. The zero-order valence-corrected chi connectivity index (χ0v) is 11.0. The van der Waals surface area contributed by atoms with E-state index in [1.54, 1.807) is 0 Å². The van der Waals surface area contributed by atoms with Crippen LogP contribution in [0.15, 0.2) is 29.4 Å². The Balaban J connectivity index is 1.85. The van der Waals surface area contributed by atoms with Gasteiger partial charge in [0.1, 0.15) is 11.6 Å². The molecule has 0 spiro atoms.